The third-order valence-electron chi connectivity index (χ3n) is 3.14. The quantitative estimate of drug-likeness (QED) is 0.598. The van der Waals surface area contributed by atoms with Crippen LogP contribution in [0.4, 0.5) is 0 Å². The van der Waals surface area contributed by atoms with Gasteiger partial charge in [0.15, 0.2) is 0 Å². The number of rotatable bonds is 1. The van der Waals surface area contributed by atoms with Crippen LogP contribution in [0, 0.1) is 5.92 Å². The van der Waals surface area contributed by atoms with Crippen molar-refractivity contribution in [3.05, 3.63) is 0 Å². The second-order valence-corrected chi connectivity index (χ2v) is 4.15. The highest BCUT2D eigenvalue weighted by molar-refractivity contribution is 4.94. The summed E-state index contributed by atoms with van der Waals surface area (Å²) in [5.74, 6) is 0.964. The first-order chi connectivity index (χ1) is 5.27. The summed E-state index contributed by atoms with van der Waals surface area (Å²) >= 11 is 0. The molecule has 0 saturated carbocycles. The van der Waals surface area contributed by atoms with E-state index in [1.165, 1.54) is 26.1 Å². The van der Waals surface area contributed by atoms with E-state index < -0.39 is 0 Å². The number of fused-ring (bicyclic) bond motifs is 1. The molecular formula is C9H18N2. The Morgan fingerprint density at radius 2 is 2.27 bits per heavy atom. The van der Waals surface area contributed by atoms with E-state index >= 15 is 0 Å². The van der Waals surface area contributed by atoms with Crippen LogP contribution in [0.15, 0.2) is 0 Å². The molecule has 0 aliphatic carbocycles. The molecule has 2 unspecified atom stereocenters. The van der Waals surface area contributed by atoms with Crippen LogP contribution in [0.2, 0.25) is 0 Å². The minimum atomic E-state index is 0.747. The Hall–Kier alpha value is -0.0800. The highest BCUT2D eigenvalue weighted by Crippen LogP contribution is 2.24. The zero-order valence-corrected chi connectivity index (χ0v) is 7.51. The van der Waals surface area contributed by atoms with E-state index in [1.807, 2.05) is 0 Å². The predicted molar refractivity (Wildman–Crippen MR) is 46.6 cm³/mol. The van der Waals surface area contributed by atoms with Crippen LogP contribution in [-0.2, 0) is 0 Å². The molecule has 0 amide bonds. The van der Waals surface area contributed by atoms with E-state index in [1.54, 1.807) is 0 Å². The lowest BCUT2D eigenvalue weighted by Crippen LogP contribution is -2.62. The summed E-state index contributed by atoms with van der Waals surface area (Å²) in [6, 6.07) is 1.61. The molecule has 2 atom stereocenters. The summed E-state index contributed by atoms with van der Waals surface area (Å²) in [7, 11) is 0. The maximum atomic E-state index is 3.48. The van der Waals surface area contributed by atoms with Crippen molar-refractivity contribution in [1.82, 2.24) is 10.2 Å². The average Bonchev–Trinajstić information content (AvgIpc) is 1.91. The largest absolute Gasteiger partial charge is 0.313 e. The molecule has 2 rings (SSSR count). The van der Waals surface area contributed by atoms with Crippen molar-refractivity contribution >= 4 is 0 Å². The first-order valence-corrected chi connectivity index (χ1v) is 4.75. The van der Waals surface area contributed by atoms with Gasteiger partial charge in [-0.1, -0.05) is 0 Å². The summed E-state index contributed by atoms with van der Waals surface area (Å²) in [6.45, 7) is 8.48. The maximum Gasteiger partial charge on any atom is 0.0132 e. The van der Waals surface area contributed by atoms with Gasteiger partial charge in [-0.15, -0.1) is 0 Å². The van der Waals surface area contributed by atoms with E-state index in [2.05, 4.69) is 24.1 Å². The fourth-order valence-corrected chi connectivity index (χ4v) is 2.15. The minimum absolute atomic E-state index is 0.747. The molecule has 0 spiro atoms. The predicted octanol–water partition coefficient (Wildman–Crippen LogP) is 0.688. The number of likely N-dealkylation sites (tertiary alicyclic amines) is 1. The van der Waals surface area contributed by atoms with Gasteiger partial charge in [0, 0.05) is 25.2 Å². The number of piperidine rings is 1. The zero-order valence-electron chi connectivity index (χ0n) is 7.51. The first-order valence-electron chi connectivity index (χ1n) is 4.75. The standard InChI is InChI=1S/C9H18N2/c1-7(2)11-4-3-9-8(6-11)5-10-9/h7-10H,3-6H2,1-2H3. The van der Waals surface area contributed by atoms with Crippen LogP contribution in [0.5, 0.6) is 0 Å². The number of hydrogen-bond acceptors (Lipinski definition) is 2. The molecule has 2 aliphatic rings. The highest BCUT2D eigenvalue weighted by Gasteiger charge is 2.35. The first kappa shape index (κ1) is 7.56. The van der Waals surface area contributed by atoms with Crippen LogP contribution in [0.1, 0.15) is 20.3 Å². The van der Waals surface area contributed by atoms with E-state index in [0.717, 1.165) is 18.0 Å². The highest BCUT2D eigenvalue weighted by atomic mass is 15.2. The SMILES string of the molecule is CC(C)N1CCC2NCC2C1. The molecule has 0 aromatic heterocycles. The van der Waals surface area contributed by atoms with E-state index in [-0.39, 0.29) is 0 Å². The van der Waals surface area contributed by atoms with Gasteiger partial charge < -0.3 is 10.2 Å². The molecule has 0 aromatic rings. The van der Waals surface area contributed by atoms with Crippen LogP contribution >= 0.6 is 0 Å². The Morgan fingerprint density at radius 1 is 1.45 bits per heavy atom. The van der Waals surface area contributed by atoms with E-state index in [9.17, 15) is 0 Å². The molecule has 2 aliphatic heterocycles. The number of hydrogen-bond donors (Lipinski definition) is 1. The third-order valence-corrected chi connectivity index (χ3v) is 3.14. The summed E-state index contributed by atoms with van der Waals surface area (Å²) in [5.41, 5.74) is 0. The smallest absolute Gasteiger partial charge is 0.0132 e. The molecule has 2 fully saturated rings. The molecule has 2 heterocycles. The molecule has 0 aromatic carbocycles. The van der Waals surface area contributed by atoms with Gasteiger partial charge in [-0.25, -0.2) is 0 Å². The average molecular weight is 154 g/mol. The van der Waals surface area contributed by atoms with Crippen LogP contribution < -0.4 is 5.32 Å². The van der Waals surface area contributed by atoms with Gasteiger partial charge in [-0.2, -0.15) is 0 Å². The lowest BCUT2D eigenvalue weighted by atomic mass is 9.85. The fraction of sp³-hybridized carbons (Fsp3) is 1.00. The van der Waals surface area contributed by atoms with Crippen molar-refractivity contribution in [2.45, 2.75) is 32.4 Å². The minimum Gasteiger partial charge on any atom is -0.313 e. The molecule has 0 bridgehead atoms. The van der Waals surface area contributed by atoms with Gasteiger partial charge in [0.25, 0.3) is 0 Å². The Kier molecular flexibility index (Phi) is 1.90. The molecule has 1 N–H and O–H groups in total. The lowest BCUT2D eigenvalue weighted by molar-refractivity contribution is 0.0636. The van der Waals surface area contributed by atoms with E-state index in [4.69, 9.17) is 0 Å². The van der Waals surface area contributed by atoms with Crippen molar-refractivity contribution in [2.75, 3.05) is 19.6 Å². The molecule has 11 heavy (non-hydrogen) atoms. The molecule has 0 radical (unpaired) electrons. The van der Waals surface area contributed by atoms with Gasteiger partial charge in [-0.05, 0) is 32.7 Å². The van der Waals surface area contributed by atoms with Gasteiger partial charge in [0.1, 0.15) is 0 Å². The van der Waals surface area contributed by atoms with Crippen molar-refractivity contribution in [2.24, 2.45) is 5.92 Å². The lowest BCUT2D eigenvalue weighted by Gasteiger charge is -2.47. The van der Waals surface area contributed by atoms with Gasteiger partial charge in [-0.3, -0.25) is 0 Å². The second kappa shape index (κ2) is 2.76. The molecule has 64 valence electrons. The van der Waals surface area contributed by atoms with Crippen LogP contribution in [0.3, 0.4) is 0 Å². The van der Waals surface area contributed by atoms with Gasteiger partial charge in [0.2, 0.25) is 0 Å². The Balaban J connectivity index is 1.88. The van der Waals surface area contributed by atoms with Crippen LogP contribution in [-0.4, -0.2) is 36.6 Å². The van der Waals surface area contributed by atoms with Crippen molar-refractivity contribution < 1.29 is 0 Å². The second-order valence-electron chi connectivity index (χ2n) is 4.15. The topological polar surface area (TPSA) is 15.3 Å². The van der Waals surface area contributed by atoms with Crippen molar-refractivity contribution in [3.63, 3.8) is 0 Å². The van der Waals surface area contributed by atoms with Crippen molar-refractivity contribution in [1.29, 1.82) is 0 Å². The molecule has 2 heteroatoms. The Bertz CT molecular complexity index is 144. The summed E-state index contributed by atoms with van der Waals surface area (Å²) in [4.78, 5) is 2.60. The van der Waals surface area contributed by atoms with Gasteiger partial charge in [0.05, 0.1) is 0 Å². The third kappa shape index (κ3) is 1.30. The fourth-order valence-electron chi connectivity index (χ4n) is 2.15. The number of nitrogens with one attached hydrogen (secondary N) is 1. The monoisotopic (exact) mass is 154 g/mol. The Morgan fingerprint density at radius 3 is 2.73 bits per heavy atom. The maximum absolute atomic E-state index is 3.48. The molecular weight excluding hydrogens is 136 g/mol. The Labute approximate surface area is 69.0 Å². The van der Waals surface area contributed by atoms with Crippen molar-refractivity contribution in [3.8, 4) is 0 Å². The zero-order chi connectivity index (χ0) is 7.84. The van der Waals surface area contributed by atoms with Gasteiger partial charge >= 0.3 is 0 Å². The van der Waals surface area contributed by atoms with Crippen LogP contribution in [0.25, 0.3) is 0 Å². The molecule has 2 nitrogen and oxygen atoms in total. The summed E-state index contributed by atoms with van der Waals surface area (Å²) < 4.78 is 0. The normalized spacial score (nSPS) is 38.5. The van der Waals surface area contributed by atoms with E-state index in [0.29, 0.717) is 0 Å². The number of nitrogens with zero attached hydrogens (tertiary/aromatic N) is 1. The summed E-state index contributed by atoms with van der Waals surface area (Å²) in [5, 5.41) is 3.48. The molecule has 2 saturated heterocycles. The summed E-state index contributed by atoms with van der Waals surface area (Å²) in [6.07, 6.45) is 1.36.